The Labute approximate surface area is 240 Å². The number of urea groups is 1. The van der Waals surface area contributed by atoms with Gasteiger partial charge in [0.05, 0.1) is 0 Å². The molecule has 9 heteroatoms. The third-order valence-electron chi connectivity index (χ3n) is 7.63. The van der Waals surface area contributed by atoms with Crippen molar-refractivity contribution in [2.75, 3.05) is 50.5 Å². The molecule has 1 saturated heterocycles. The van der Waals surface area contributed by atoms with Gasteiger partial charge in [0.2, 0.25) is 5.91 Å². The number of anilines is 2. The molecule has 8 nitrogen and oxygen atoms in total. The number of aromatic amines is 1. The lowest BCUT2D eigenvalue weighted by molar-refractivity contribution is -0.118. The molecule has 3 aromatic carbocycles. The average Bonchev–Trinajstić information content (AvgIpc) is 3.40. The summed E-state index contributed by atoms with van der Waals surface area (Å²) in [7, 11) is 4.00. The van der Waals surface area contributed by atoms with E-state index in [1.807, 2.05) is 75.7 Å². The van der Waals surface area contributed by atoms with Crippen molar-refractivity contribution in [1.82, 2.24) is 20.1 Å². The van der Waals surface area contributed by atoms with E-state index in [2.05, 4.69) is 25.4 Å². The van der Waals surface area contributed by atoms with Crippen LogP contribution in [0.5, 0.6) is 0 Å². The summed E-state index contributed by atoms with van der Waals surface area (Å²) < 4.78 is 13.4. The van der Waals surface area contributed by atoms with E-state index in [0.717, 1.165) is 34.3 Å². The summed E-state index contributed by atoms with van der Waals surface area (Å²) in [5.74, 6) is -0.853. The lowest BCUT2D eigenvalue weighted by Gasteiger charge is -2.37. The Kier molecular flexibility index (Phi) is 8.54. The highest BCUT2D eigenvalue weighted by molar-refractivity contribution is 5.98. The number of amides is 3. The van der Waals surface area contributed by atoms with Gasteiger partial charge in [-0.3, -0.25) is 4.79 Å². The monoisotopic (exact) mass is 556 g/mol. The Bertz CT molecular complexity index is 1490. The number of hydrogen-bond acceptors (Lipinski definition) is 4. The molecule has 3 N–H and O–H groups in total. The van der Waals surface area contributed by atoms with Crippen molar-refractivity contribution in [3.8, 4) is 0 Å². The molecule has 0 aliphatic carbocycles. The van der Waals surface area contributed by atoms with Crippen LogP contribution in [0.15, 0.2) is 79.0 Å². The van der Waals surface area contributed by atoms with Gasteiger partial charge in [-0.1, -0.05) is 37.3 Å². The number of carbonyl (C=O) groups excluding carboxylic acids is 2. The van der Waals surface area contributed by atoms with Crippen LogP contribution in [0.4, 0.5) is 20.6 Å². The normalized spacial score (nSPS) is 15.1. The van der Waals surface area contributed by atoms with Crippen LogP contribution in [0, 0.1) is 5.82 Å². The molecule has 214 valence electrons. The highest BCUT2D eigenvalue weighted by Gasteiger charge is 2.32. The summed E-state index contributed by atoms with van der Waals surface area (Å²) in [6, 6.07) is 21.0. The third kappa shape index (κ3) is 6.69. The second kappa shape index (κ2) is 12.4. The Balaban J connectivity index is 1.33. The average molecular weight is 557 g/mol. The number of benzene rings is 3. The smallest absolute Gasteiger partial charge is 0.318 e. The first-order chi connectivity index (χ1) is 19.8. The fraction of sp³-hybridized carbons (Fsp3) is 0.312. The van der Waals surface area contributed by atoms with Gasteiger partial charge in [-0.15, -0.1) is 0 Å². The maximum atomic E-state index is 13.8. The minimum absolute atomic E-state index is 0.273. The molecule has 3 amide bonds. The number of halogens is 1. The highest BCUT2D eigenvalue weighted by Crippen LogP contribution is 2.29. The first-order valence-corrected chi connectivity index (χ1v) is 13.9. The number of carbonyl (C=O) groups is 2. The number of nitrogens with zero attached hydrogens (tertiary/aromatic N) is 3. The zero-order valence-corrected chi connectivity index (χ0v) is 23.7. The van der Waals surface area contributed by atoms with Gasteiger partial charge >= 0.3 is 6.03 Å². The van der Waals surface area contributed by atoms with Gasteiger partial charge in [0, 0.05) is 67.1 Å². The van der Waals surface area contributed by atoms with Crippen molar-refractivity contribution < 1.29 is 14.0 Å². The zero-order valence-electron chi connectivity index (χ0n) is 23.7. The summed E-state index contributed by atoms with van der Waals surface area (Å²) in [5.41, 5.74) is 4.63. The molecule has 2 heterocycles. The molecule has 4 aromatic rings. The molecule has 0 bridgehead atoms. The molecule has 1 fully saturated rings. The minimum atomic E-state index is -0.811. The quantitative estimate of drug-likeness (QED) is 0.285. The van der Waals surface area contributed by atoms with E-state index in [-0.39, 0.29) is 23.7 Å². The molecule has 1 aliphatic heterocycles. The summed E-state index contributed by atoms with van der Waals surface area (Å²) >= 11 is 0. The van der Waals surface area contributed by atoms with E-state index in [1.165, 1.54) is 12.1 Å². The zero-order chi connectivity index (χ0) is 28.9. The standard InChI is InChI=1S/C32H37FN6O2/c1-22(28-20-34-29-10-5-4-9-27(28)29)30(31(40)35-25-8-6-7-23(19-25)21-37(2)3)36-32(41)39-17-15-38(16-18-39)26-13-11-24(33)12-14-26/h4-14,19-20,22,30,34H,15-18,21H2,1-3H3,(H,35,40)(H,36,41)/t22-,30+/m0/s1. The van der Waals surface area contributed by atoms with Crippen LogP contribution in [0.25, 0.3) is 10.9 Å². The molecular weight excluding hydrogens is 519 g/mol. The Morgan fingerprint density at radius 2 is 1.71 bits per heavy atom. The van der Waals surface area contributed by atoms with Crippen molar-refractivity contribution in [1.29, 1.82) is 0 Å². The Hall–Kier alpha value is -4.37. The minimum Gasteiger partial charge on any atom is -0.368 e. The van der Waals surface area contributed by atoms with Crippen LogP contribution in [-0.4, -0.2) is 73.0 Å². The summed E-state index contributed by atoms with van der Waals surface area (Å²) in [6.45, 7) is 4.94. The topological polar surface area (TPSA) is 83.7 Å². The number of rotatable bonds is 8. The molecule has 0 saturated carbocycles. The van der Waals surface area contributed by atoms with E-state index in [9.17, 15) is 14.0 Å². The number of hydrogen-bond donors (Lipinski definition) is 3. The van der Waals surface area contributed by atoms with Gasteiger partial charge < -0.3 is 30.3 Å². The number of aromatic nitrogens is 1. The van der Waals surface area contributed by atoms with Crippen LogP contribution >= 0.6 is 0 Å². The number of para-hydroxylation sites is 1. The van der Waals surface area contributed by atoms with Crippen molar-refractivity contribution in [2.45, 2.75) is 25.4 Å². The molecule has 1 aliphatic rings. The van der Waals surface area contributed by atoms with Gasteiger partial charge in [-0.25, -0.2) is 9.18 Å². The molecule has 0 radical (unpaired) electrons. The lowest BCUT2D eigenvalue weighted by atomic mass is 9.92. The molecule has 0 unspecified atom stereocenters. The summed E-state index contributed by atoms with van der Waals surface area (Å²) in [4.78, 5) is 36.5. The molecule has 0 spiro atoms. The predicted molar refractivity (Wildman–Crippen MR) is 162 cm³/mol. The highest BCUT2D eigenvalue weighted by atomic mass is 19.1. The molecule has 1 aromatic heterocycles. The molecule has 2 atom stereocenters. The largest absolute Gasteiger partial charge is 0.368 e. The van der Waals surface area contributed by atoms with Crippen LogP contribution in [-0.2, 0) is 11.3 Å². The lowest BCUT2D eigenvalue weighted by Crippen LogP contribution is -2.56. The first kappa shape index (κ1) is 28.2. The molecule has 41 heavy (non-hydrogen) atoms. The number of piperazine rings is 1. The summed E-state index contributed by atoms with van der Waals surface area (Å²) in [6.07, 6.45) is 1.92. The van der Waals surface area contributed by atoms with Crippen LogP contribution < -0.4 is 15.5 Å². The summed E-state index contributed by atoms with van der Waals surface area (Å²) in [5, 5.41) is 7.12. The number of nitrogens with one attached hydrogen (secondary N) is 3. The second-order valence-corrected chi connectivity index (χ2v) is 10.9. The van der Waals surface area contributed by atoms with Gasteiger partial charge in [-0.05, 0) is 67.7 Å². The van der Waals surface area contributed by atoms with Crippen molar-refractivity contribution >= 4 is 34.2 Å². The van der Waals surface area contributed by atoms with Crippen LogP contribution in [0.2, 0.25) is 0 Å². The van der Waals surface area contributed by atoms with Crippen LogP contribution in [0.3, 0.4) is 0 Å². The number of H-pyrrole nitrogens is 1. The van der Waals surface area contributed by atoms with Gasteiger partial charge in [-0.2, -0.15) is 0 Å². The fourth-order valence-corrected chi connectivity index (χ4v) is 5.44. The van der Waals surface area contributed by atoms with Crippen LogP contribution in [0.1, 0.15) is 24.0 Å². The van der Waals surface area contributed by atoms with Crippen molar-refractivity contribution in [3.63, 3.8) is 0 Å². The molecule has 5 rings (SSSR count). The van der Waals surface area contributed by atoms with Gasteiger partial charge in [0.25, 0.3) is 0 Å². The van der Waals surface area contributed by atoms with E-state index in [1.54, 1.807) is 17.0 Å². The van der Waals surface area contributed by atoms with Gasteiger partial charge in [0.15, 0.2) is 0 Å². The SMILES string of the molecule is C[C@@H](c1c[nH]c2ccccc12)[C@@H](NC(=O)N1CCN(c2ccc(F)cc2)CC1)C(=O)Nc1cccc(CN(C)C)c1. The van der Waals surface area contributed by atoms with E-state index < -0.39 is 6.04 Å². The van der Waals surface area contributed by atoms with E-state index in [4.69, 9.17) is 0 Å². The number of fused-ring (bicyclic) bond motifs is 1. The van der Waals surface area contributed by atoms with E-state index >= 15 is 0 Å². The second-order valence-electron chi connectivity index (χ2n) is 10.9. The maximum Gasteiger partial charge on any atom is 0.318 e. The fourth-order valence-electron chi connectivity index (χ4n) is 5.44. The van der Waals surface area contributed by atoms with Crippen molar-refractivity contribution in [2.24, 2.45) is 0 Å². The van der Waals surface area contributed by atoms with Gasteiger partial charge in [0.1, 0.15) is 11.9 Å². The van der Waals surface area contributed by atoms with E-state index in [0.29, 0.717) is 31.9 Å². The Morgan fingerprint density at radius 3 is 2.44 bits per heavy atom. The third-order valence-corrected chi connectivity index (χ3v) is 7.63. The Morgan fingerprint density at radius 1 is 0.976 bits per heavy atom. The predicted octanol–water partition coefficient (Wildman–Crippen LogP) is 5.01. The maximum absolute atomic E-state index is 13.8. The van der Waals surface area contributed by atoms with Crippen molar-refractivity contribution in [3.05, 3.63) is 95.9 Å². The first-order valence-electron chi connectivity index (χ1n) is 13.9. The molecular formula is C32H37FN6O2.